The van der Waals surface area contributed by atoms with E-state index in [1.165, 1.54) is 5.56 Å². The topological polar surface area (TPSA) is 52.3 Å². The van der Waals surface area contributed by atoms with Crippen LogP contribution in [0.2, 0.25) is 0 Å². The molecule has 0 fully saturated rings. The Morgan fingerprint density at radius 2 is 1.75 bits per heavy atom. The molecule has 24 heavy (non-hydrogen) atoms. The largest absolute Gasteiger partial charge is 0.497 e. The Morgan fingerprint density at radius 1 is 1.04 bits per heavy atom. The molecule has 0 amide bonds. The van der Waals surface area contributed by atoms with Crippen LogP contribution in [0.5, 0.6) is 5.75 Å². The molecular weight excluding hydrogens is 322 g/mol. The van der Waals surface area contributed by atoms with Crippen LogP contribution in [0, 0.1) is 6.92 Å². The second kappa shape index (κ2) is 7.45. The van der Waals surface area contributed by atoms with Gasteiger partial charge in [-0.1, -0.05) is 29.8 Å². The zero-order chi connectivity index (χ0) is 16.9. The molecule has 4 nitrogen and oxygen atoms in total. The highest BCUT2D eigenvalue weighted by molar-refractivity contribution is 7.83. The number of hydrogen-bond acceptors (Lipinski definition) is 4. The molecule has 0 N–H and O–H groups in total. The van der Waals surface area contributed by atoms with Crippen molar-refractivity contribution in [3.8, 4) is 17.1 Å². The van der Waals surface area contributed by atoms with Crippen LogP contribution in [0.1, 0.15) is 17.0 Å². The first-order valence-electron chi connectivity index (χ1n) is 7.63. The first kappa shape index (κ1) is 16.5. The van der Waals surface area contributed by atoms with Crippen molar-refractivity contribution in [2.45, 2.75) is 18.4 Å². The van der Waals surface area contributed by atoms with E-state index in [1.54, 1.807) is 13.3 Å². The lowest BCUT2D eigenvalue weighted by atomic mass is 10.2. The predicted molar refractivity (Wildman–Crippen MR) is 95.2 cm³/mol. The van der Waals surface area contributed by atoms with Gasteiger partial charge < -0.3 is 9.15 Å². The van der Waals surface area contributed by atoms with Gasteiger partial charge in [-0.2, -0.15) is 0 Å². The molecule has 0 aliphatic rings. The third-order valence-electron chi connectivity index (χ3n) is 3.66. The van der Waals surface area contributed by atoms with Crippen molar-refractivity contribution in [3.63, 3.8) is 0 Å². The van der Waals surface area contributed by atoms with E-state index in [-0.39, 0.29) is 0 Å². The third kappa shape index (κ3) is 4.11. The molecule has 1 aromatic heterocycles. The SMILES string of the molecule is COc1ccc(-c2cnc(CS(=O)Cc3ccc(C)cc3)o2)cc1. The van der Waals surface area contributed by atoms with Gasteiger partial charge in [-0.25, -0.2) is 4.98 Å². The monoisotopic (exact) mass is 341 g/mol. The quantitative estimate of drug-likeness (QED) is 0.677. The predicted octanol–water partition coefficient (Wildman–Crippen LogP) is 4.11. The minimum atomic E-state index is -1.05. The highest BCUT2D eigenvalue weighted by Gasteiger charge is 2.10. The molecule has 3 aromatic rings. The summed E-state index contributed by atoms with van der Waals surface area (Å²) < 4.78 is 23.2. The maximum atomic E-state index is 12.3. The van der Waals surface area contributed by atoms with E-state index in [0.717, 1.165) is 16.9 Å². The molecule has 1 heterocycles. The second-order valence-corrected chi connectivity index (χ2v) is 7.02. The van der Waals surface area contributed by atoms with Gasteiger partial charge in [0.2, 0.25) is 5.89 Å². The van der Waals surface area contributed by atoms with Crippen LogP contribution < -0.4 is 4.74 Å². The van der Waals surface area contributed by atoms with Crippen molar-refractivity contribution in [2.75, 3.05) is 7.11 Å². The maximum absolute atomic E-state index is 12.3. The zero-order valence-corrected chi connectivity index (χ0v) is 14.5. The Labute approximate surface area is 144 Å². The van der Waals surface area contributed by atoms with E-state index in [1.807, 2.05) is 55.5 Å². The van der Waals surface area contributed by atoms with E-state index in [4.69, 9.17) is 9.15 Å². The highest BCUT2D eigenvalue weighted by atomic mass is 32.2. The van der Waals surface area contributed by atoms with Gasteiger partial charge in [0.1, 0.15) is 11.5 Å². The molecule has 0 saturated heterocycles. The lowest BCUT2D eigenvalue weighted by molar-refractivity contribution is 0.415. The second-order valence-electron chi connectivity index (χ2n) is 5.56. The van der Waals surface area contributed by atoms with E-state index < -0.39 is 10.8 Å². The Morgan fingerprint density at radius 3 is 2.42 bits per heavy atom. The third-order valence-corrected chi connectivity index (χ3v) is 4.89. The van der Waals surface area contributed by atoms with Gasteiger partial charge in [-0.3, -0.25) is 4.21 Å². The van der Waals surface area contributed by atoms with Gasteiger partial charge in [0.05, 0.1) is 13.3 Å². The van der Waals surface area contributed by atoms with Crippen LogP contribution in [0.25, 0.3) is 11.3 Å². The van der Waals surface area contributed by atoms with E-state index in [2.05, 4.69) is 4.98 Å². The fourth-order valence-electron chi connectivity index (χ4n) is 2.32. The van der Waals surface area contributed by atoms with E-state index in [0.29, 0.717) is 23.2 Å². The molecule has 5 heteroatoms. The van der Waals surface area contributed by atoms with Gasteiger partial charge in [0, 0.05) is 22.1 Å². The molecule has 0 radical (unpaired) electrons. The van der Waals surface area contributed by atoms with Gasteiger partial charge in [-0.15, -0.1) is 0 Å². The maximum Gasteiger partial charge on any atom is 0.207 e. The van der Waals surface area contributed by atoms with E-state index in [9.17, 15) is 4.21 Å². The average Bonchev–Trinajstić information content (AvgIpc) is 3.05. The smallest absolute Gasteiger partial charge is 0.207 e. The number of ether oxygens (including phenoxy) is 1. The Balaban J connectivity index is 1.64. The number of aromatic nitrogens is 1. The molecular formula is C19H19NO3S. The highest BCUT2D eigenvalue weighted by Crippen LogP contribution is 2.23. The van der Waals surface area contributed by atoms with Crippen LogP contribution in [-0.4, -0.2) is 16.3 Å². The van der Waals surface area contributed by atoms with Crippen LogP contribution in [-0.2, 0) is 22.3 Å². The number of hydrogen-bond donors (Lipinski definition) is 0. The first-order chi connectivity index (χ1) is 11.6. The normalized spacial score (nSPS) is 12.1. The Bertz CT molecular complexity index is 823. The van der Waals surface area contributed by atoms with Gasteiger partial charge >= 0.3 is 0 Å². The summed E-state index contributed by atoms with van der Waals surface area (Å²) in [7, 11) is 0.577. The summed E-state index contributed by atoms with van der Waals surface area (Å²) in [4.78, 5) is 4.24. The summed E-state index contributed by atoms with van der Waals surface area (Å²) >= 11 is 0. The molecule has 2 aromatic carbocycles. The standard InChI is InChI=1S/C19H19NO3S/c1-14-3-5-15(6-4-14)12-24(21)13-19-20-11-18(23-19)16-7-9-17(22-2)10-8-16/h3-11H,12-13H2,1-2H3. The molecule has 0 aliphatic heterocycles. The lowest BCUT2D eigenvalue weighted by Crippen LogP contribution is -1.99. The summed E-state index contributed by atoms with van der Waals surface area (Å²) in [5.41, 5.74) is 3.17. The van der Waals surface area contributed by atoms with Crippen molar-refractivity contribution in [3.05, 3.63) is 71.7 Å². The number of rotatable bonds is 6. The van der Waals surface area contributed by atoms with Gasteiger partial charge in [0.15, 0.2) is 5.76 Å². The van der Waals surface area contributed by atoms with Crippen molar-refractivity contribution in [2.24, 2.45) is 0 Å². The fraction of sp³-hybridized carbons (Fsp3) is 0.211. The summed E-state index contributed by atoms with van der Waals surface area (Å²) in [5.74, 6) is 2.76. The molecule has 1 unspecified atom stereocenters. The van der Waals surface area contributed by atoms with Gasteiger partial charge in [0.25, 0.3) is 0 Å². The summed E-state index contributed by atoms with van der Waals surface area (Å²) in [6.45, 7) is 2.04. The van der Waals surface area contributed by atoms with Crippen LogP contribution in [0.4, 0.5) is 0 Å². The van der Waals surface area contributed by atoms with Crippen molar-refractivity contribution >= 4 is 10.8 Å². The summed E-state index contributed by atoms with van der Waals surface area (Å²) in [6.07, 6.45) is 1.67. The molecule has 0 aliphatic carbocycles. The number of methoxy groups -OCH3 is 1. The van der Waals surface area contributed by atoms with Crippen LogP contribution in [0.3, 0.4) is 0 Å². The Hall–Kier alpha value is -2.40. The van der Waals surface area contributed by atoms with Crippen molar-refractivity contribution in [1.29, 1.82) is 0 Å². The van der Waals surface area contributed by atoms with Crippen molar-refractivity contribution < 1.29 is 13.4 Å². The fourth-order valence-corrected chi connectivity index (χ4v) is 3.40. The average molecular weight is 341 g/mol. The number of aryl methyl sites for hydroxylation is 1. The minimum absolute atomic E-state index is 0.310. The van der Waals surface area contributed by atoms with E-state index >= 15 is 0 Å². The van der Waals surface area contributed by atoms with Gasteiger partial charge in [-0.05, 0) is 36.8 Å². The summed E-state index contributed by atoms with van der Waals surface area (Å²) in [6, 6.07) is 15.6. The number of benzene rings is 2. The Kier molecular flexibility index (Phi) is 5.11. The van der Waals surface area contributed by atoms with Crippen LogP contribution >= 0.6 is 0 Å². The molecule has 3 rings (SSSR count). The number of nitrogens with zero attached hydrogens (tertiary/aromatic N) is 1. The summed E-state index contributed by atoms with van der Waals surface area (Å²) in [5, 5.41) is 0. The molecule has 0 saturated carbocycles. The number of oxazole rings is 1. The molecule has 1 atom stereocenters. The molecule has 0 spiro atoms. The lowest BCUT2D eigenvalue weighted by Gasteiger charge is -2.02. The zero-order valence-electron chi connectivity index (χ0n) is 13.7. The van der Waals surface area contributed by atoms with Crippen molar-refractivity contribution in [1.82, 2.24) is 4.98 Å². The molecule has 124 valence electrons. The molecule has 0 bridgehead atoms. The first-order valence-corrected chi connectivity index (χ1v) is 9.12. The minimum Gasteiger partial charge on any atom is -0.497 e. The van der Waals surface area contributed by atoms with Crippen LogP contribution in [0.15, 0.2) is 59.1 Å².